The van der Waals surface area contributed by atoms with Crippen LogP contribution < -0.4 is 4.74 Å². The number of ether oxygens (including phenoxy) is 1. The molecule has 0 aromatic carbocycles. The van der Waals surface area contributed by atoms with Gasteiger partial charge in [0.05, 0.1) is 12.6 Å². The van der Waals surface area contributed by atoms with E-state index in [4.69, 9.17) is 4.74 Å². The molecule has 0 aliphatic rings. The molecular formula is C16H21FN2O2. The van der Waals surface area contributed by atoms with Crippen molar-refractivity contribution in [2.24, 2.45) is 0 Å². The van der Waals surface area contributed by atoms with Gasteiger partial charge in [0.25, 0.3) is 0 Å². The van der Waals surface area contributed by atoms with E-state index >= 15 is 0 Å². The molecule has 0 fully saturated rings. The lowest BCUT2D eigenvalue weighted by atomic mass is 10.1. The number of amides is 1. The van der Waals surface area contributed by atoms with Crippen LogP contribution in [0.15, 0.2) is 24.5 Å². The number of aromatic nitrogens is 1. The van der Waals surface area contributed by atoms with Gasteiger partial charge in [-0.2, -0.15) is 0 Å². The van der Waals surface area contributed by atoms with Gasteiger partial charge in [0.1, 0.15) is 0 Å². The Labute approximate surface area is 124 Å². The molecule has 0 radical (unpaired) electrons. The number of hydrogen-bond acceptors (Lipinski definition) is 2. The molecule has 0 saturated heterocycles. The van der Waals surface area contributed by atoms with Crippen molar-refractivity contribution >= 4 is 11.4 Å². The average molecular weight is 292 g/mol. The number of pyridine rings is 1. The van der Waals surface area contributed by atoms with Crippen LogP contribution in [0.4, 0.5) is 4.39 Å². The highest BCUT2D eigenvalue weighted by atomic mass is 19.1. The first-order chi connectivity index (χ1) is 9.99. The topological polar surface area (TPSA) is 34.0 Å². The summed E-state index contributed by atoms with van der Waals surface area (Å²) in [6, 6.07) is 3.36. The van der Waals surface area contributed by atoms with Crippen LogP contribution in [0.3, 0.4) is 0 Å². The fraction of sp³-hybridized carbons (Fsp3) is 0.438. The summed E-state index contributed by atoms with van der Waals surface area (Å²) < 4.78 is 20.9. The molecule has 0 spiro atoms. The highest BCUT2D eigenvalue weighted by Gasteiger charge is 2.18. The summed E-state index contributed by atoms with van der Waals surface area (Å²) in [5.41, 5.74) is 1.69. The van der Waals surface area contributed by atoms with E-state index in [1.54, 1.807) is 18.1 Å². The van der Waals surface area contributed by atoms with Crippen molar-refractivity contribution in [1.29, 1.82) is 0 Å². The molecule has 2 aromatic heterocycles. The SMILES string of the molecule is CCC(=O)N(C)C(C)Cc1ccn2ccc(F)c(OC)c12. The molecule has 114 valence electrons. The Bertz CT molecular complexity index is 651. The van der Waals surface area contributed by atoms with Gasteiger partial charge in [-0.15, -0.1) is 0 Å². The van der Waals surface area contributed by atoms with Gasteiger partial charge in [-0.3, -0.25) is 4.79 Å². The van der Waals surface area contributed by atoms with E-state index in [9.17, 15) is 9.18 Å². The molecule has 0 saturated carbocycles. The Morgan fingerprint density at radius 3 is 2.71 bits per heavy atom. The van der Waals surface area contributed by atoms with Crippen molar-refractivity contribution < 1.29 is 13.9 Å². The second-order valence-corrected chi connectivity index (χ2v) is 5.21. The summed E-state index contributed by atoms with van der Waals surface area (Å²) in [4.78, 5) is 13.5. The molecule has 0 bridgehead atoms. The van der Waals surface area contributed by atoms with Crippen molar-refractivity contribution in [3.63, 3.8) is 0 Å². The zero-order valence-electron chi connectivity index (χ0n) is 12.9. The van der Waals surface area contributed by atoms with E-state index in [0.29, 0.717) is 12.8 Å². The zero-order chi connectivity index (χ0) is 15.6. The van der Waals surface area contributed by atoms with Crippen molar-refractivity contribution in [1.82, 2.24) is 9.30 Å². The van der Waals surface area contributed by atoms with E-state index in [1.165, 1.54) is 13.2 Å². The van der Waals surface area contributed by atoms with Crippen molar-refractivity contribution in [2.75, 3.05) is 14.2 Å². The maximum atomic E-state index is 13.9. The minimum Gasteiger partial charge on any atom is -0.492 e. The molecule has 1 amide bonds. The second-order valence-electron chi connectivity index (χ2n) is 5.21. The number of rotatable bonds is 5. The number of carbonyl (C=O) groups is 1. The van der Waals surface area contributed by atoms with Crippen molar-refractivity contribution in [3.8, 4) is 5.75 Å². The van der Waals surface area contributed by atoms with Gasteiger partial charge in [0, 0.05) is 31.9 Å². The smallest absolute Gasteiger partial charge is 0.222 e. The Morgan fingerprint density at radius 1 is 1.43 bits per heavy atom. The van der Waals surface area contributed by atoms with Gasteiger partial charge in [-0.1, -0.05) is 6.92 Å². The van der Waals surface area contributed by atoms with Crippen LogP contribution in [-0.4, -0.2) is 35.4 Å². The van der Waals surface area contributed by atoms with Gasteiger partial charge in [0.15, 0.2) is 11.6 Å². The summed E-state index contributed by atoms with van der Waals surface area (Å²) in [5.74, 6) is -0.0334. The normalized spacial score (nSPS) is 12.4. The van der Waals surface area contributed by atoms with Crippen LogP contribution in [0.25, 0.3) is 5.52 Å². The first-order valence-corrected chi connectivity index (χ1v) is 7.07. The Hall–Kier alpha value is -2.04. The van der Waals surface area contributed by atoms with E-state index in [-0.39, 0.29) is 23.5 Å². The van der Waals surface area contributed by atoms with Gasteiger partial charge in [-0.05, 0) is 31.0 Å². The van der Waals surface area contributed by atoms with Crippen molar-refractivity contribution in [2.45, 2.75) is 32.7 Å². The lowest BCUT2D eigenvalue weighted by Crippen LogP contribution is -2.35. The highest BCUT2D eigenvalue weighted by Crippen LogP contribution is 2.28. The molecule has 0 N–H and O–H groups in total. The molecule has 1 atom stereocenters. The molecule has 2 heterocycles. The number of methoxy groups -OCH3 is 1. The second kappa shape index (κ2) is 6.16. The number of likely N-dealkylation sites (N-methyl/N-ethyl adjacent to an activating group) is 1. The van der Waals surface area contributed by atoms with Gasteiger partial charge in [-0.25, -0.2) is 4.39 Å². The molecule has 5 heteroatoms. The van der Waals surface area contributed by atoms with E-state index in [0.717, 1.165) is 11.1 Å². The predicted octanol–water partition coefficient (Wildman–Crippen LogP) is 2.89. The van der Waals surface area contributed by atoms with Crippen LogP contribution >= 0.6 is 0 Å². The monoisotopic (exact) mass is 292 g/mol. The number of halogens is 1. The zero-order valence-corrected chi connectivity index (χ0v) is 12.9. The van der Waals surface area contributed by atoms with Crippen LogP contribution in [0.5, 0.6) is 5.75 Å². The molecule has 0 aliphatic carbocycles. The summed E-state index contributed by atoms with van der Waals surface area (Å²) in [6.45, 7) is 3.83. The number of nitrogens with zero attached hydrogens (tertiary/aromatic N) is 2. The lowest BCUT2D eigenvalue weighted by Gasteiger charge is -2.24. The van der Waals surface area contributed by atoms with Gasteiger partial charge < -0.3 is 14.0 Å². The number of carbonyl (C=O) groups excluding carboxylic acids is 1. The maximum absolute atomic E-state index is 13.9. The van der Waals surface area contributed by atoms with E-state index < -0.39 is 0 Å². The van der Waals surface area contributed by atoms with Gasteiger partial charge >= 0.3 is 0 Å². The molecule has 2 aromatic rings. The van der Waals surface area contributed by atoms with E-state index in [1.807, 2.05) is 30.5 Å². The summed E-state index contributed by atoms with van der Waals surface area (Å²) in [5, 5.41) is 0. The maximum Gasteiger partial charge on any atom is 0.222 e. The minimum absolute atomic E-state index is 0.0385. The fourth-order valence-corrected chi connectivity index (χ4v) is 2.52. The molecular weight excluding hydrogens is 271 g/mol. The Balaban J connectivity index is 2.35. The first kappa shape index (κ1) is 15.4. The third kappa shape index (κ3) is 2.86. The molecule has 1 unspecified atom stereocenters. The fourth-order valence-electron chi connectivity index (χ4n) is 2.52. The largest absolute Gasteiger partial charge is 0.492 e. The molecule has 21 heavy (non-hydrogen) atoms. The lowest BCUT2D eigenvalue weighted by molar-refractivity contribution is -0.131. The standard InChI is InChI=1S/C16H21FN2O2/c1-5-14(20)18(3)11(2)10-12-6-8-19-9-7-13(17)16(21-4)15(12)19/h6-9,11H,5,10H2,1-4H3. The summed E-state index contributed by atoms with van der Waals surface area (Å²) in [7, 11) is 3.26. The number of fused-ring (bicyclic) bond motifs is 1. The number of hydrogen-bond donors (Lipinski definition) is 0. The Morgan fingerprint density at radius 2 is 2.10 bits per heavy atom. The van der Waals surface area contributed by atoms with Gasteiger partial charge in [0.2, 0.25) is 5.91 Å². The summed E-state index contributed by atoms with van der Waals surface area (Å²) >= 11 is 0. The average Bonchev–Trinajstić information content (AvgIpc) is 2.88. The minimum atomic E-state index is -0.379. The quantitative estimate of drug-likeness (QED) is 0.849. The van der Waals surface area contributed by atoms with Crippen molar-refractivity contribution in [3.05, 3.63) is 35.9 Å². The summed E-state index contributed by atoms with van der Waals surface area (Å²) in [6.07, 6.45) is 4.68. The third-order valence-electron chi connectivity index (χ3n) is 3.89. The van der Waals surface area contributed by atoms with Crippen LogP contribution in [0, 0.1) is 5.82 Å². The third-order valence-corrected chi connectivity index (χ3v) is 3.89. The highest BCUT2D eigenvalue weighted by molar-refractivity contribution is 5.76. The Kier molecular flexibility index (Phi) is 4.50. The molecule has 0 aliphatic heterocycles. The van der Waals surface area contributed by atoms with Crippen LogP contribution in [0.2, 0.25) is 0 Å². The first-order valence-electron chi connectivity index (χ1n) is 7.07. The van der Waals surface area contributed by atoms with Crippen LogP contribution in [0.1, 0.15) is 25.8 Å². The molecule has 2 rings (SSSR count). The van der Waals surface area contributed by atoms with Crippen LogP contribution in [-0.2, 0) is 11.2 Å². The van der Waals surface area contributed by atoms with E-state index in [2.05, 4.69) is 0 Å². The predicted molar refractivity (Wildman–Crippen MR) is 80.1 cm³/mol. The molecule has 4 nitrogen and oxygen atoms in total.